The van der Waals surface area contributed by atoms with Crippen LogP contribution < -0.4 is 5.32 Å². The van der Waals surface area contributed by atoms with Crippen LogP contribution in [0.15, 0.2) is 23.7 Å². The van der Waals surface area contributed by atoms with Gasteiger partial charge in [-0.15, -0.1) is 11.3 Å². The van der Waals surface area contributed by atoms with Crippen LogP contribution >= 0.6 is 11.3 Å². The van der Waals surface area contributed by atoms with Crippen molar-refractivity contribution in [3.8, 4) is 11.4 Å². The Morgan fingerprint density at radius 3 is 2.94 bits per heavy atom. The highest BCUT2D eigenvalue weighted by Crippen LogP contribution is 2.23. The fraction of sp³-hybridized carbons (Fsp3) is 0.273. The van der Waals surface area contributed by atoms with Gasteiger partial charge in [0.15, 0.2) is 5.13 Å². The van der Waals surface area contributed by atoms with Crippen LogP contribution in [-0.4, -0.2) is 16.5 Å². The van der Waals surface area contributed by atoms with E-state index in [-0.39, 0.29) is 5.82 Å². The second kappa shape index (κ2) is 5.03. The summed E-state index contributed by atoms with van der Waals surface area (Å²) in [5.41, 5.74) is 1.48. The Kier molecular flexibility index (Phi) is 3.46. The first-order chi connectivity index (χ1) is 7.79. The van der Waals surface area contributed by atoms with Gasteiger partial charge in [-0.25, -0.2) is 9.37 Å². The Labute approximate surface area is 97.4 Å². The highest BCUT2D eigenvalue weighted by Gasteiger charge is 2.05. The van der Waals surface area contributed by atoms with Crippen molar-refractivity contribution in [3.05, 3.63) is 29.5 Å². The zero-order valence-electron chi connectivity index (χ0n) is 8.90. The minimum absolute atomic E-state index is 0.330. The third kappa shape index (κ3) is 2.55. The number of hydrogen-bond acceptors (Lipinski definition) is 4. The second-order valence-electron chi connectivity index (χ2n) is 3.33. The Morgan fingerprint density at radius 2 is 2.25 bits per heavy atom. The van der Waals surface area contributed by atoms with E-state index in [0.29, 0.717) is 5.69 Å². The molecule has 2 aromatic heterocycles. The molecule has 0 aromatic carbocycles. The number of aromatic nitrogens is 2. The molecule has 3 nitrogen and oxygen atoms in total. The molecule has 0 atom stereocenters. The molecule has 0 fully saturated rings. The molecule has 0 bridgehead atoms. The van der Waals surface area contributed by atoms with Gasteiger partial charge in [0.25, 0.3) is 0 Å². The summed E-state index contributed by atoms with van der Waals surface area (Å²) in [4.78, 5) is 8.35. The molecule has 0 saturated carbocycles. The van der Waals surface area contributed by atoms with Crippen molar-refractivity contribution in [3.63, 3.8) is 0 Å². The fourth-order valence-corrected chi connectivity index (χ4v) is 1.97. The van der Waals surface area contributed by atoms with Crippen molar-refractivity contribution in [2.45, 2.75) is 13.3 Å². The van der Waals surface area contributed by atoms with Gasteiger partial charge in [-0.05, 0) is 18.6 Å². The maximum Gasteiger partial charge on any atom is 0.183 e. The molecule has 2 heterocycles. The van der Waals surface area contributed by atoms with E-state index in [1.54, 1.807) is 6.07 Å². The Balaban J connectivity index is 2.15. The summed E-state index contributed by atoms with van der Waals surface area (Å²) < 4.78 is 12.7. The van der Waals surface area contributed by atoms with Gasteiger partial charge in [-0.2, -0.15) is 0 Å². The Morgan fingerprint density at radius 1 is 1.38 bits per heavy atom. The molecular formula is C11H12FN3S. The van der Waals surface area contributed by atoms with Gasteiger partial charge >= 0.3 is 0 Å². The molecule has 0 aliphatic rings. The number of pyridine rings is 1. The van der Waals surface area contributed by atoms with Crippen molar-refractivity contribution in [2.75, 3.05) is 11.9 Å². The molecule has 16 heavy (non-hydrogen) atoms. The number of nitrogens with one attached hydrogen (secondary N) is 1. The lowest BCUT2D eigenvalue weighted by molar-refractivity contribution is 0.622. The van der Waals surface area contributed by atoms with E-state index in [9.17, 15) is 4.39 Å². The van der Waals surface area contributed by atoms with E-state index in [2.05, 4.69) is 22.2 Å². The molecule has 0 saturated heterocycles. The van der Waals surface area contributed by atoms with Crippen molar-refractivity contribution in [1.29, 1.82) is 0 Å². The lowest BCUT2D eigenvalue weighted by Crippen LogP contribution is -1.98. The van der Waals surface area contributed by atoms with Gasteiger partial charge in [-0.3, -0.25) is 4.98 Å². The standard InChI is InChI=1S/C11H12FN3S/c1-2-5-13-11-15-10(7-16-11)9-4-3-8(12)6-14-9/h3-4,6-7H,2,5H2,1H3,(H,13,15). The van der Waals surface area contributed by atoms with Gasteiger partial charge < -0.3 is 5.32 Å². The Bertz CT molecular complexity index is 453. The van der Waals surface area contributed by atoms with Crippen molar-refractivity contribution >= 4 is 16.5 Å². The number of rotatable bonds is 4. The van der Waals surface area contributed by atoms with Gasteiger partial charge in [-0.1, -0.05) is 6.92 Å². The quantitative estimate of drug-likeness (QED) is 0.887. The third-order valence-electron chi connectivity index (χ3n) is 2.02. The molecule has 1 N–H and O–H groups in total. The molecule has 5 heteroatoms. The first-order valence-electron chi connectivity index (χ1n) is 5.11. The average Bonchev–Trinajstić information content (AvgIpc) is 2.76. The Hall–Kier alpha value is -1.49. The molecule has 2 aromatic rings. The van der Waals surface area contributed by atoms with Crippen LogP contribution in [-0.2, 0) is 0 Å². The van der Waals surface area contributed by atoms with Gasteiger partial charge in [0, 0.05) is 11.9 Å². The van der Waals surface area contributed by atoms with Crippen molar-refractivity contribution in [1.82, 2.24) is 9.97 Å². The molecule has 0 amide bonds. The SMILES string of the molecule is CCCNc1nc(-c2ccc(F)cn2)cs1. The fourth-order valence-electron chi connectivity index (χ4n) is 1.23. The van der Waals surface area contributed by atoms with Crippen LogP contribution in [0, 0.1) is 5.82 Å². The van der Waals surface area contributed by atoms with Gasteiger partial charge in [0.2, 0.25) is 0 Å². The summed E-state index contributed by atoms with van der Waals surface area (Å²) in [5, 5.41) is 5.99. The van der Waals surface area contributed by atoms with Crippen LogP contribution in [0.25, 0.3) is 11.4 Å². The number of anilines is 1. The van der Waals surface area contributed by atoms with E-state index >= 15 is 0 Å². The van der Waals surface area contributed by atoms with E-state index < -0.39 is 0 Å². The summed E-state index contributed by atoms with van der Waals surface area (Å²) in [6.45, 7) is 3.01. The summed E-state index contributed by atoms with van der Waals surface area (Å²) in [6.07, 6.45) is 2.26. The zero-order chi connectivity index (χ0) is 11.4. The molecular weight excluding hydrogens is 225 g/mol. The number of nitrogens with zero attached hydrogens (tertiary/aromatic N) is 2. The van der Waals surface area contributed by atoms with E-state index in [4.69, 9.17) is 0 Å². The van der Waals surface area contributed by atoms with Crippen LogP contribution in [0.2, 0.25) is 0 Å². The van der Waals surface area contributed by atoms with Crippen molar-refractivity contribution < 1.29 is 4.39 Å². The first-order valence-corrected chi connectivity index (χ1v) is 5.99. The van der Waals surface area contributed by atoms with Crippen molar-refractivity contribution in [2.24, 2.45) is 0 Å². The highest BCUT2D eigenvalue weighted by molar-refractivity contribution is 7.14. The third-order valence-corrected chi connectivity index (χ3v) is 2.82. The van der Waals surface area contributed by atoms with E-state index in [1.165, 1.54) is 23.6 Å². The topological polar surface area (TPSA) is 37.8 Å². The number of halogens is 1. The van der Waals surface area contributed by atoms with Gasteiger partial charge in [0.05, 0.1) is 11.9 Å². The molecule has 84 valence electrons. The van der Waals surface area contributed by atoms with Crippen LogP contribution in [0.1, 0.15) is 13.3 Å². The van der Waals surface area contributed by atoms with Crippen LogP contribution in [0.5, 0.6) is 0 Å². The monoisotopic (exact) mass is 237 g/mol. The first kappa shape index (κ1) is 11.0. The number of thiazole rings is 1. The molecule has 0 radical (unpaired) electrons. The summed E-state index contributed by atoms with van der Waals surface area (Å²) in [7, 11) is 0. The molecule has 0 spiro atoms. The largest absolute Gasteiger partial charge is 0.362 e. The predicted octanol–water partition coefficient (Wildman–Crippen LogP) is 3.17. The smallest absolute Gasteiger partial charge is 0.183 e. The highest BCUT2D eigenvalue weighted by atomic mass is 32.1. The maximum atomic E-state index is 12.7. The molecule has 0 unspecified atom stereocenters. The van der Waals surface area contributed by atoms with Crippen LogP contribution in [0.4, 0.5) is 9.52 Å². The average molecular weight is 237 g/mol. The molecule has 0 aliphatic carbocycles. The maximum absolute atomic E-state index is 12.7. The minimum atomic E-state index is -0.330. The summed E-state index contributed by atoms with van der Waals surface area (Å²) in [6, 6.07) is 3.02. The molecule has 0 aliphatic heterocycles. The normalized spacial score (nSPS) is 10.4. The minimum Gasteiger partial charge on any atom is -0.362 e. The summed E-state index contributed by atoms with van der Waals surface area (Å²) >= 11 is 1.53. The zero-order valence-corrected chi connectivity index (χ0v) is 9.72. The summed E-state index contributed by atoms with van der Waals surface area (Å²) in [5.74, 6) is -0.330. The van der Waals surface area contributed by atoms with E-state index in [0.717, 1.165) is 23.8 Å². The number of hydrogen-bond donors (Lipinski definition) is 1. The molecule has 2 rings (SSSR count). The van der Waals surface area contributed by atoms with E-state index in [1.807, 2.05) is 5.38 Å². The lowest BCUT2D eigenvalue weighted by Gasteiger charge is -1.97. The second-order valence-corrected chi connectivity index (χ2v) is 4.18. The lowest BCUT2D eigenvalue weighted by atomic mass is 10.3. The van der Waals surface area contributed by atoms with Gasteiger partial charge in [0.1, 0.15) is 11.5 Å². The predicted molar refractivity (Wildman–Crippen MR) is 64.1 cm³/mol. The van der Waals surface area contributed by atoms with Crippen LogP contribution in [0.3, 0.4) is 0 Å².